The van der Waals surface area contributed by atoms with Gasteiger partial charge in [0.25, 0.3) is 5.91 Å². The van der Waals surface area contributed by atoms with Gasteiger partial charge < -0.3 is 14.2 Å². The predicted octanol–water partition coefficient (Wildman–Crippen LogP) is 5.05. The smallest absolute Gasteiger partial charge is 0.256 e. The average molecular weight is 423 g/mol. The molecule has 0 saturated carbocycles. The second kappa shape index (κ2) is 9.39. The number of rotatable bonds is 7. The molecule has 0 bridgehead atoms. The summed E-state index contributed by atoms with van der Waals surface area (Å²) >= 11 is 0. The van der Waals surface area contributed by atoms with E-state index < -0.39 is 0 Å². The second-order valence-electron chi connectivity index (χ2n) is 9.19. The molecule has 0 spiro atoms. The minimum absolute atomic E-state index is 0.0552. The number of amides is 1. The molecule has 0 unspecified atom stereocenters. The van der Waals surface area contributed by atoms with Gasteiger partial charge in [0.15, 0.2) is 5.78 Å². The maximum absolute atomic E-state index is 13.5. The van der Waals surface area contributed by atoms with Gasteiger partial charge in [0.05, 0.1) is 30.2 Å². The minimum atomic E-state index is 0.0552. The lowest BCUT2D eigenvalue weighted by atomic mass is 9.90. The predicted molar refractivity (Wildman–Crippen MR) is 121 cm³/mol. The van der Waals surface area contributed by atoms with Crippen molar-refractivity contribution < 1.29 is 14.3 Å². The summed E-state index contributed by atoms with van der Waals surface area (Å²) in [5, 5.41) is 0. The van der Waals surface area contributed by atoms with Gasteiger partial charge in [-0.3, -0.25) is 9.59 Å². The van der Waals surface area contributed by atoms with Gasteiger partial charge in [-0.05, 0) is 42.7 Å². The first-order valence-corrected chi connectivity index (χ1v) is 11.7. The molecule has 1 aromatic carbocycles. The van der Waals surface area contributed by atoms with E-state index in [0.29, 0.717) is 43.4 Å². The zero-order chi connectivity index (χ0) is 22.0. The number of ether oxygens (including phenoxy) is 1. The topological polar surface area (TPSA) is 51.5 Å². The van der Waals surface area contributed by atoms with E-state index in [2.05, 4.69) is 32.9 Å². The van der Waals surface area contributed by atoms with E-state index in [1.807, 2.05) is 33.7 Å². The molecule has 5 nitrogen and oxygen atoms in total. The van der Waals surface area contributed by atoms with Crippen LogP contribution in [-0.2, 0) is 17.9 Å². The van der Waals surface area contributed by atoms with Crippen LogP contribution in [0, 0.1) is 5.92 Å². The fourth-order valence-corrected chi connectivity index (χ4v) is 5.18. The standard InChI is InChI=1S/C26H34N2O3/c1-4-19(20-9-6-5-7-10-20)15-25(29)23-16-21(24-17-31-14-13-27(23)24)26(30)28-12-8-11-22(28)18(2)3/h5-7,9-10,16,18-19,22H,4,8,11-15,17H2,1-3H3/t19-,22-/m0/s1. The molecule has 1 aromatic heterocycles. The molecule has 2 atom stereocenters. The minimum Gasteiger partial charge on any atom is -0.373 e. The number of benzene rings is 1. The van der Waals surface area contributed by atoms with Gasteiger partial charge >= 0.3 is 0 Å². The molecule has 0 radical (unpaired) electrons. The van der Waals surface area contributed by atoms with Gasteiger partial charge in [0, 0.05) is 25.6 Å². The molecule has 1 amide bonds. The van der Waals surface area contributed by atoms with Crippen molar-refractivity contribution in [3.8, 4) is 0 Å². The van der Waals surface area contributed by atoms with Gasteiger partial charge in [-0.1, -0.05) is 51.1 Å². The summed E-state index contributed by atoms with van der Waals surface area (Å²) in [7, 11) is 0. The summed E-state index contributed by atoms with van der Waals surface area (Å²) in [5.74, 6) is 0.778. The summed E-state index contributed by atoms with van der Waals surface area (Å²) in [5.41, 5.74) is 3.38. The fourth-order valence-electron chi connectivity index (χ4n) is 5.18. The average Bonchev–Trinajstić information content (AvgIpc) is 3.43. The van der Waals surface area contributed by atoms with Crippen molar-refractivity contribution in [3.05, 3.63) is 58.9 Å². The molecule has 1 saturated heterocycles. The zero-order valence-corrected chi connectivity index (χ0v) is 19.0. The van der Waals surface area contributed by atoms with Crippen molar-refractivity contribution in [1.82, 2.24) is 9.47 Å². The van der Waals surface area contributed by atoms with Crippen LogP contribution >= 0.6 is 0 Å². The molecule has 2 aliphatic heterocycles. The largest absolute Gasteiger partial charge is 0.373 e. The third kappa shape index (κ3) is 4.33. The van der Waals surface area contributed by atoms with Gasteiger partial charge in [-0.15, -0.1) is 0 Å². The van der Waals surface area contributed by atoms with Crippen LogP contribution in [0.25, 0.3) is 0 Å². The molecule has 4 rings (SSSR count). The molecule has 1 fully saturated rings. The first-order valence-electron chi connectivity index (χ1n) is 11.7. The van der Waals surface area contributed by atoms with Gasteiger partial charge in [-0.25, -0.2) is 0 Å². The highest BCUT2D eigenvalue weighted by Crippen LogP contribution is 2.31. The third-order valence-electron chi connectivity index (χ3n) is 6.95. The molecule has 2 aliphatic rings. The number of carbonyl (C=O) groups excluding carboxylic acids is 2. The lowest BCUT2D eigenvalue weighted by molar-refractivity contribution is 0.0663. The summed E-state index contributed by atoms with van der Waals surface area (Å²) in [6, 6.07) is 12.4. The number of aromatic nitrogens is 1. The van der Waals surface area contributed by atoms with Crippen LogP contribution in [0.1, 0.15) is 84.5 Å². The SMILES string of the molecule is CC[C@@H](CC(=O)c1cc(C(=O)N2CCC[C@H]2C(C)C)c2n1CCOC2)c1ccccc1. The quantitative estimate of drug-likeness (QED) is 0.587. The molecule has 166 valence electrons. The van der Waals surface area contributed by atoms with Crippen LogP contribution in [0.2, 0.25) is 0 Å². The van der Waals surface area contributed by atoms with Crippen molar-refractivity contribution in [3.63, 3.8) is 0 Å². The van der Waals surface area contributed by atoms with E-state index in [9.17, 15) is 9.59 Å². The third-order valence-corrected chi connectivity index (χ3v) is 6.95. The maximum atomic E-state index is 13.5. The normalized spacial score (nSPS) is 19.5. The number of Topliss-reactive ketones (excluding diaryl/α,β-unsaturated/α-hetero) is 1. The van der Waals surface area contributed by atoms with Crippen LogP contribution in [0.5, 0.6) is 0 Å². The van der Waals surface area contributed by atoms with Gasteiger partial charge in [0.1, 0.15) is 0 Å². The van der Waals surface area contributed by atoms with Crippen LogP contribution in [0.3, 0.4) is 0 Å². The highest BCUT2D eigenvalue weighted by Gasteiger charge is 2.35. The van der Waals surface area contributed by atoms with Crippen LogP contribution in [0.4, 0.5) is 0 Å². The first-order chi connectivity index (χ1) is 15.0. The van der Waals surface area contributed by atoms with Crippen molar-refractivity contribution in [1.29, 1.82) is 0 Å². The Kier molecular flexibility index (Phi) is 6.61. The highest BCUT2D eigenvalue weighted by atomic mass is 16.5. The molecule has 0 N–H and O–H groups in total. The summed E-state index contributed by atoms with van der Waals surface area (Å²) in [6.45, 7) is 8.87. The van der Waals surface area contributed by atoms with E-state index >= 15 is 0 Å². The Hall–Kier alpha value is -2.40. The number of hydrogen-bond donors (Lipinski definition) is 0. The van der Waals surface area contributed by atoms with Crippen LogP contribution < -0.4 is 0 Å². The van der Waals surface area contributed by atoms with Gasteiger partial charge in [0.2, 0.25) is 0 Å². The molecular weight excluding hydrogens is 388 g/mol. The second-order valence-corrected chi connectivity index (χ2v) is 9.19. The Balaban J connectivity index is 1.62. The Bertz CT molecular complexity index is 932. The number of hydrogen-bond acceptors (Lipinski definition) is 3. The number of carbonyl (C=O) groups is 2. The van der Waals surface area contributed by atoms with E-state index in [1.165, 1.54) is 5.56 Å². The van der Waals surface area contributed by atoms with Gasteiger partial charge in [-0.2, -0.15) is 0 Å². The lowest BCUT2D eigenvalue weighted by Crippen LogP contribution is -2.39. The number of fused-ring (bicyclic) bond motifs is 1. The first kappa shape index (κ1) is 21.8. The monoisotopic (exact) mass is 422 g/mol. The summed E-state index contributed by atoms with van der Waals surface area (Å²) in [6.07, 6.45) is 3.46. The highest BCUT2D eigenvalue weighted by molar-refractivity contribution is 6.02. The van der Waals surface area contributed by atoms with Crippen molar-refractivity contribution in [2.75, 3.05) is 13.2 Å². The zero-order valence-electron chi connectivity index (χ0n) is 19.0. The van der Waals surface area contributed by atoms with E-state index in [4.69, 9.17) is 4.74 Å². The number of ketones is 1. The Morgan fingerprint density at radius 3 is 2.65 bits per heavy atom. The van der Waals surface area contributed by atoms with Crippen LogP contribution in [-0.4, -0.2) is 40.4 Å². The van der Waals surface area contributed by atoms with E-state index in [0.717, 1.165) is 31.5 Å². The molecule has 3 heterocycles. The maximum Gasteiger partial charge on any atom is 0.256 e. The Morgan fingerprint density at radius 2 is 1.94 bits per heavy atom. The molecular formula is C26H34N2O3. The van der Waals surface area contributed by atoms with Crippen molar-refractivity contribution in [2.45, 2.75) is 71.6 Å². The lowest BCUT2D eigenvalue weighted by Gasteiger charge is -2.28. The Morgan fingerprint density at radius 1 is 1.16 bits per heavy atom. The van der Waals surface area contributed by atoms with Crippen molar-refractivity contribution in [2.24, 2.45) is 5.92 Å². The fraction of sp³-hybridized carbons (Fsp3) is 0.538. The summed E-state index contributed by atoms with van der Waals surface area (Å²) in [4.78, 5) is 28.9. The van der Waals surface area contributed by atoms with Crippen molar-refractivity contribution >= 4 is 11.7 Å². The molecule has 0 aliphatic carbocycles. The molecule has 5 heteroatoms. The molecule has 31 heavy (non-hydrogen) atoms. The van der Waals surface area contributed by atoms with E-state index in [-0.39, 0.29) is 23.7 Å². The Labute approximate surface area is 185 Å². The summed E-state index contributed by atoms with van der Waals surface area (Å²) < 4.78 is 7.72. The number of likely N-dealkylation sites (tertiary alicyclic amines) is 1. The molecule has 2 aromatic rings. The van der Waals surface area contributed by atoms with Crippen LogP contribution in [0.15, 0.2) is 36.4 Å². The van der Waals surface area contributed by atoms with E-state index in [1.54, 1.807) is 0 Å². The number of nitrogens with zero attached hydrogens (tertiary/aromatic N) is 2.